The number of aromatic nitrogens is 1. The normalized spacial score (nSPS) is 20.6. The van der Waals surface area contributed by atoms with Crippen molar-refractivity contribution in [3.05, 3.63) is 16.1 Å². The second-order valence-corrected chi connectivity index (χ2v) is 5.91. The van der Waals surface area contributed by atoms with Crippen molar-refractivity contribution in [3.63, 3.8) is 0 Å². The highest BCUT2D eigenvalue weighted by Gasteiger charge is 2.22. The maximum absolute atomic E-state index is 4.62. The highest BCUT2D eigenvalue weighted by atomic mass is 32.1. The van der Waals surface area contributed by atoms with E-state index >= 15 is 0 Å². The fourth-order valence-corrected chi connectivity index (χ4v) is 3.48. The van der Waals surface area contributed by atoms with Crippen LogP contribution in [-0.2, 0) is 0 Å². The molecule has 0 saturated carbocycles. The van der Waals surface area contributed by atoms with Gasteiger partial charge in [-0.1, -0.05) is 6.92 Å². The van der Waals surface area contributed by atoms with Crippen LogP contribution in [0.15, 0.2) is 6.20 Å². The molecule has 17 heavy (non-hydrogen) atoms. The third-order valence-electron chi connectivity index (χ3n) is 3.79. The van der Waals surface area contributed by atoms with Gasteiger partial charge in [0, 0.05) is 23.0 Å². The van der Waals surface area contributed by atoms with Crippen LogP contribution in [0.5, 0.6) is 0 Å². The minimum absolute atomic E-state index is 0.428. The Morgan fingerprint density at radius 2 is 2.24 bits per heavy atom. The zero-order valence-electron chi connectivity index (χ0n) is 11.1. The molecular weight excluding hydrogens is 230 g/mol. The van der Waals surface area contributed by atoms with Gasteiger partial charge >= 0.3 is 0 Å². The van der Waals surface area contributed by atoms with Crippen molar-refractivity contribution >= 4 is 11.3 Å². The van der Waals surface area contributed by atoms with Gasteiger partial charge in [0.25, 0.3) is 0 Å². The van der Waals surface area contributed by atoms with Gasteiger partial charge in [0.05, 0.1) is 5.01 Å². The SMILES string of the molecule is CCN1CCC(c2ncc(C(C)NC)s2)CC1. The van der Waals surface area contributed by atoms with Crippen LogP contribution in [0.3, 0.4) is 0 Å². The lowest BCUT2D eigenvalue weighted by molar-refractivity contribution is 0.222. The monoisotopic (exact) mass is 253 g/mol. The smallest absolute Gasteiger partial charge is 0.0960 e. The molecule has 0 amide bonds. The molecule has 1 atom stereocenters. The molecule has 1 fully saturated rings. The van der Waals surface area contributed by atoms with Crippen molar-refractivity contribution in [2.45, 2.75) is 38.6 Å². The first kappa shape index (κ1) is 13.0. The quantitative estimate of drug-likeness (QED) is 0.894. The summed E-state index contributed by atoms with van der Waals surface area (Å²) in [7, 11) is 2.00. The first-order chi connectivity index (χ1) is 8.24. The van der Waals surface area contributed by atoms with Crippen LogP contribution in [0, 0.1) is 0 Å². The Hall–Kier alpha value is -0.450. The number of likely N-dealkylation sites (tertiary alicyclic amines) is 1. The molecule has 3 nitrogen and oxygen atoms in total. The maximum atomic E-state index is 4.62. The second-order valence-electron chi connectivity index (χ2n) is 4.82. The predicted octanol–water partition coefficient (Wildman–Crippen LogP) is 2.62. The van der Waals surface area contributed by atoms with Crippen molar-refractivity contribution in [2.75, 3.05) is 26.7 Å². The Morgan fingerprint density at radius 3 is 2.82 bits per heavy atom. The summed E-state index contributed by atoms with van der Waals surface area (Å²) in [5.74, 6) is 0.695. The highest BCUT2D eigenvalue weighted by molar-refractivity contribution is 7.11. The number of rotatable bonds is 4. The Balaban J connectivity index is 1.97. The van der Waals surface area contributed by atoms with E-state index in [2.05, 4.69) is 29.0 Å². The molecule has 4 heteroatoms. The number of hydrogen-bond donors (Lipinski definition) is 1. The van der Waals surface area contributed by atoms with Gasteiger partial charge in [0.15, 0.2) is 0 Å². The summed E-state index contributed by atoms with van der Waals surface area (Å²) in [6.07, 6.45) is 4.59. The largest absolute Gasteiger partial charge is 0.312 e. The van der Waals surface area contributed by atoms with E-state index < -0.39 is 0 Å². The lowest BCUT2D eigenvalue weighted by Crippen LogP contribution is -2.32. The summed E-state index contributed by atoms with van der Waals surface area (Å²) in [5.41, 5.74) is 0. The molecule has 96 valence electrons. The third kappa shape index (κ3) is 3.06. The first-order valence-corrected chi connectivity index (χ1v) is 7.41. The number of hydrogen-bond acceptors (Lipinski definition) is 4. The number of thiazole rings is 1. The molecule has 1 N–H and O–H groups in total. The van der Waals surface area contributed by atoms with E-state index in [0.29, 0.717) is 12.0 Å². The van der Waals surface area contributed by atoms with Gasteiger partial charge in [-0.3, -0.25) is 0 Å². The van der Waals surface area contributed by atoms with Crippen LogP contribution in [0.1, 0.15) is 48.5 Å². The molecule has 2 rings (SSSR count). The van der Waals surface area contributed by atoms with Crippen LogP contribution >= 0.6 is 11.3 Å². The van der Waals surface area contributed by atoms with Crippen molar-refractivity contribution < 1.29 is 0 Å². The summed E-state index contributed by atoms with van der Waals surface area (Å²) >= 11 is 1.89. The van der Waals surface area contributed by atoms with Crippen molar-refractivity contribution in [1.29, 1.82) is 0 Å². The van der Waals surface area contributed by atoms with Crippen LogP contribution in [0.2, 0.25) is 0 Å². The number of nitrogens with one attached hydrogen (secondary N) is 1. The molecule has 1 saturated heterocycles. The summed E-state index contributed by atoms with van der Waals surface area (Å²) in [6, 6.07) is 0.428. The molecular formula is C13H23N3S. The van der Waals surface area contributed by atoms with E-state index in [9.17, 15) is 0 Å². The fraction of sp³-hybridized carbons (Fsp3) is 0.769. The van der Waals surface area contributed by atoms with Gasteiger partial charge in [-0.25, -0.2) is 4.98 Å². The van der Waals surface area contributed by atoms with Crippen LogP contribution in [-0.4, -0.2) is 36.6 Å². The lowest BCUT2D eigenvalue weighted by atomic mass is 9.98. The summed E-state index contributed by atoms with van der Waals surface area (Å²) in [5, 5.41) is 4.62. The van der Waals surface area contributed by atoms with E-state index in [0.717, 1.165) is 0 Å². The second kappa shape index (κ2) is 5.94. The Labute approximate surface area is 108 Å². The van der Waals surface area contributed by atoms with Crippen molar-refractivity contribution in [1.82, 2.24) is 15.2 Å². The van der Waals surface area contributed by atoms with Gasteiger partial charge in [-0.2, -0.15) is 0 Å². The fourth-order valence-electron chi connectivity index (χ4n) is 2.33. The molecule has 0 aromatic carbocycles. The van der Waals surface area contributed by atoms with Crippen LogP contribution in [0.25, 0.3) is 0 Å². The minimum Gasteiger partial charge on any atom is -0.312 e. The van der Waals surface area contributed by atoms with E-state index in [4.69, 9.17) is 0 Å². The Kier molecular flexibility index (Phi) is 4.54. The molecule has 1 aliphatic rings. The van der Waals surface area contributed by atoms with Crippen LogP contribution in [0.4, 0.5) is 0 Å². The molecule has 1 aromatic rings. The third-order valence-corrected chi connectivity index (χ3v) is 5.13. The van der Waals surface area contributed by atoms with Crippen LogP contribution < -0.4 is 5.32 Å². The van der Waals surface area contributed by atoms with Gasteiger partial charge in [0.1, 0.15) is 0 Å². The molecule has 2 heterocycles. The molecule has 1 aromatic heterocycles. The Morgan fingerprint density at radius 1 is 1.53 bits per heavy atom. The summed E-state index contributed by atoms with van der Waals surface area (Å²) in [6.45, 7) is 8.09. The zero-order chi connectivity index (χ0) is 12.3. The van der Waals surface area contributed by atoms with Gasteiger partial charge < -0.3 is 10.2 Å². The minimum atomic E-state index is 0.428. The summed E-state index contributed by atoms with van der Waals surface area (Å²) < 4.78 is 0. The standard InChI is InChI=1S/C13H23N3S/c1-4-16-7-5-11(6-8-16)13-15-9-12(17-13)10(2)14-3/h9-11,14H,4-8H2,1-3H3. The predicted molar refractivity (Wildman–Crippen MR) is 73.7 cm³/mol. The molecule has 0 spiro atoms. The van der Waals surface area contributed by atoms with Gasteiger partial charge in [0.2, 0.25) is 0 Å². The lowest BCUT2D eigenvalue weighted by Gasteiger charge is -2.29. The Bertz CT molecular complexity index is 342. The molecule has 1 unspecified atom stereocenters. The number of piperidine rings is 1. The van der Waals surface area contributed by atoms with E-state index in [1.54, 1.807) is 0 Å². The maximum Gasteiger partial charge on any atom is 0.0960 e. The number of nitrogens with zero attached hydrogens (tertiary/aromatic N) is 2. The molecule has 0 bridgehead atoms. The molecule has 1 aliphatic heterocycles. The topological polar surface area (TPSA) is 28.2 Å². The highest BCUT2D eigenvalue weighted by Crippen LogP contribution is 2.32. The molecule has 0 radical (unpaired) electrons. The van der Waals surface area contributed by atoms with Crippen molar-refractivity contribution in [3.8, 4) is 0 Å². The van der Waals surface area contributed by atoms with Gasteiger partial charge in [-0.05, 0) is 46.4 Å². The first-order valence-electron chi connectivity index (χ1n) is 6.59. The zero-order valence-corrected chi connectivity index (χ0v) is 11.9. The average Bonchev–Trinajstić information content (AvgIpc) is 2.87. The van der Waals surface area contributed by atoms with Gasteiger partial charge in [-0.15, -0.1) is 11.3 Å². The van der Waals surface area contributed by atoms with E-state index in [-0.39, 0.29) is 0 Å². The van der Waals surface area contributed by atoms with E-state index in [1.807, 2.05) is 24.6 Å². The van der Waals surface area contributed by atoms with Crippen molar-refractivity contribution in [2.24, 2.45) is 0 Å². The van der Waals surface area contributed by atoms with E-state index in [1.165, 1.54) is 42.4 Å². The average molecular weight is 253 g/mol. The molecule has 0 aliphatic carbocycles. The summed E-state index contributed by atoms with van der Waals surface area (Å²) in [4.78, 5) is 8.51.